The molecule has 5 nitrogen and oxygen atoms in total. The fraction of sp³-hybridized carbons (Fsp3) is 0.250. The Bertz CT molecular complexity index is 623. The van der Waals surface area contributed by atoms with Gasteiger partial charge in [-0.15, -0.1) is 11.3 Å². The summed E-state index contributed by atoms with van der Waals surface area (Å²) in [5.41, 5.74) is 0.908. The number of thiophene rings is 1. The molecule has 0 amide bonds. The maximum absolute atomic E-state index is 12.0. The number of hydrogen-bond acceptors (Lipinski definition) is 5. The van der Waals surface area contributed by atoms with Crippen molar-refractivity contribution in [2.24, 2.45) is 0 Å². The number of hydrogen-bond donors (Lipinski definition) is 1. The van der Waals surface area contributed by atoms with Gasteiger partial charge in [0.15, 0.2) is 0 Å². The van der Waals surface area contributed by atoms with E-state index in [0.29, 0.717) is 10.8 Å². The molecule has 7 heteroatoms. The van der Waals surface area contributed by atoms with E-state index in [1.54, 1.807) is 24.5 Å². The van der Waals surface area contributed by atoms with E-state index in [1.165, 1.54) is 18.4 Å². The first-order valence-electron chi connectivity index (χ1n) is 5.62. The molecule has 0 atom stereocenters. The van der Waals surface area contributed by atoms with Crippen molar-refractivity contribution >= 4 is 21.4 Å². The van der Waals surface area contributed by atoms with Gasteiger partial charge in [0.25, 0.3) is 0 Å². The zero-order valence-electron chi connectivity index (χ0n) is 10.4. The van der Waals surface area contributed by atoms with Crippen LogP contribution >= 0.6 is 11.3 Å². The average Bonchev–Trinajstić information content (AvgIpc) is 2.90. The first-order valence-corrected chi connectivity index (χ1v) is 7.92. The predicted molar refractivity (Wildman–Crippen MR) is 74.6 cm³/mol. The molecule has 2 rings (SSSR count). The van der Waals surface area contributed by atoms with Crippen molar-refractivity contribution in [1.29, 1.82) is 0 Å². The smallest absolute Gasteiger partial charge is 0.250 e. The van der Waals surface area contributed by atoms with Gasteiger partial charge in [-0.3, -0.25) is 4.98 Å². The van der Waals surface area contributed by atoms with E-state index in [1.807, 2.05) is 12.1 Å². The first-order chi connectivity index (χ1) is 9.13. The van der Waals surface area contributed by atoms with Gasteiger partial charge in [0, 0.05) is 36.5 Å². The van der Waals surface area contributed by atoms with Crippen molar-refractivity contribution in [1.82, 2.24) is 9.71 Å². The highest BCUT2D eigenvalue weighted by atomic mass is 32.2. The number of methoxy groups -OCH3 is 1. The molecule has 1 N–H and O–H groups in total. The van der Waals surface area contributed by atoms with Crippen LogP contribution < -0.4 is 4.72 Å². The number of nitrogens with one attached hydrogen (secondary N) is 1. The molecule has 2 aromatic heterocycles. The molecule has 0 unspecified atom stereocenters. The molecule has 0 aromatic carbocycles. The highest BCUT2D eigenvalue weighted by Crippen LogP contribution is 2.29. The van der Waals surface area contributed by atoms with Gasteiger partial charge in [-0.05, 0) is 18.2 Å². The van der Waals surface area contributed by atoms with Crippen LogP contribution in [0.5, 0.6) is 0 Å². The van der Waals surface area contributed by atoms with Crippen molar-refractivity contribution in [2.45, 2.75) is 4.21 Å². The molecule has 2 heterocycles. The van der Waals surface area contributed by atoms with Crippen LogP contribution in [0.15, 0.2) is 40.9 Å². The van der Waals surface area contributed by atoms with Gasteiger partial charge in [0.2, 0.25) is 10.0 Å². The quantitative estimate of drug-likeness (QED) is 0.825. The number of aromatic nitrogens is 1. The summed E-state index contributed by atoms with van der Waals surface area (Å²) in [6, 6.07) is 7.10. The summed E-state index contributed by atoms with van der Waals surface area (Å²) in [5.74, 6) is 0. The Hall–Kier alpha value is -1.28. The highest BCUT2D eigenvalue weighted by molar-refractivity contribution is 7.91. The van der Waals surface area contributed by atoms with Gasteiger partial charge in [-0.25, -0.2) is 13.1 Å². The third-order valence-electron chi connectivity index (χ3n) is 2.39. The van der Waals surface area contributed by atoms with E-state index in [-0.39, 0.29) is 6.54 Å². The largest absolute Gasteiger partial charge is 0.383 e. The molecule has 0 saturated carbocycles. The molecule has 0 aliphatic carbocycles. The fourth-order valence-electron chi connectivity index (χ4n) is 1.48. The monoisotopic (exact) mass is 298 g/mol. The Labute approximate surface area is 116 Å². The van der Waals surface area contributed by atoms with Crippen LogP contribution in [0.2, 0.25) is 0 Å². The average molecular weight is 298 g/mol. The van der Waals surface area contributed by atoms with Crippen molar-refractivity contribution in [3.05, 3.63) is 36.7 Å². The van der Waals surface area contributed by atoms with E-state index in [9.17, 15) is 8.42 Å². The van der Waals surface area contributed by atoms with Crippen LogP contribution in [-0.2, 0) is 14.8 Å². The normalized spacial score (nSPS) is 11.6. The maximum Gasteiger partial charge on any atom is 0.250 e. The second-order valence-electron chi connectivity index (χ2n) is 3.75. The number of ether oxygens (including phenoxy) is 1. The van der Waals surface area contributed by atoms with Gasteiger partial charge >= 0.3 is 0 Å². The Morgan fingerprint density at radius 1 is 1.37 bits per heavy atom. The van der Waals surface area contributed by atoms with Crippen LogP contribution in [0.1, 0.15) is 0 Å². The molecule has 0 saturated heterocycles. The van der Waals surface area contributed by atoms with Crippen LogP contribution in [0, 0.1) is 0 Å². The lowest BCUT2D eigenvalue weighted by atomic mass is 10.2. The van der Waals surface area contributed by atoms with E-state index >= 15 is 0 Å². The summed E-state index contributed by atoms with van der Waals surface area (Å²) >= 11 is 1.22. The summed E-state index contributed by atoms with van der Waals surface area (Å²) < 4.78 is 31.6. The van der Waals surface area contributed by atoms with Crippen LogP contribution in [0.3, 0.4) is 0 Å². The summed E-state index contributed by atoms with van der Waals surface area (Å²) in [7, 11) is -1.92. The van der Waals surface area contributed by atoms with E-state index in [2.05, 4.69) is 9.71 Å². The topological polar surface area (TPSA) is 68.3 Å². The zero-order chi connectivity index (χ0) is 13.7. The summed E-state index contributed by atoms with van der Waals surface area (Å²) in [4.78, 5) is 4.89. The lowest BCUT2D eigenvalue weighted by Crippen LogP contribution is -2.26. The number of pyridine rings is 1. The Kier molecular flexibility index (Phi) is 4.65. The minimum atomic E-state index is -3.45. The predicted octanol–water partition coefficient (Wildman–Crippen LogP) is 1.73. The molecule has 0 bridgehead atoms. The fourth-order valence-corrected chi connectivity index (χ4v) is 3.83. The van der Waals surface area contributed by atoms with Crippen molar-refractivity contribution in [3.8, 4) is 10.4 Å². The van der Waals surface area contributed by atoms with Gasteiger partial charge in [0.05, 0.1) is 6.61 Å². The molecule has 0 spiro atoms. The number of rotatable bonds is 6. The molecular weight excluding hydrogens is 284 g/mol. The third kappa shape index (κ3) is 3.60. The van der Waals surface area contributed by atoms with Gasteiger partial charge < -0.3 is 4.74 Å². The molecule has 0 radical (unpaired) electrons. The van der Waals surface area contributed by atoms with E-state index < -0.39 is 10.0 Å². The van der Waals surface area contributed by atoms with E-state index in [0.717, 1.165) is 10.4 Å². The van der Waals surface area contributed by atoms with Gasteiger partial charge in [0.1, 0.15) is 4.21 Å². The Morgan fingerprint density at radius 3 is 2.89 bits per heavy atom. The number of sulfonamides is 1. The van der Waals surface area contributed by atoms with Crippen molar-refractivity contribution < 1.29 is 13.2 Å². The number of nitrogens with zero attached hydrogens (tertiary/aromatic N) is 1. The molecule has 0 aliphatic rings. The second kappa shape index (κ2) is 6.25. The van der Waals surface area contributed by atoms with Crippen molar-refractivity contribution in [2.75, 3.05) is 20.3 Å². The molecular formula is C12H14N2O3S2. The summed E-state index contributed by atoms with van der Waals surface area (Å²) in [6.07, 6.45) is 3.39. The zero-order valence-corrected chi connectivity index (χ0v) is 12.0. The first kappa shape index (κ1) is 14.1. The molecule has 102 valence electrons. The second-order valence-corrected chi connectivity index (χ2v) is 6.83. The van der Waals surface area contributed by atoms with Crippen LogP contribution in [0.25, 0.3) is 10.4 Å². The summed E-state index contributed by atoms with van der Waals surface area (Å²) in [6.45, 7) is 0.610. The minimum absolute atomic E-state index is 0.263. The van der Waals surface area contributed by atoms with E-state index in [4.69, 9.17) is 4.74 Å². The SMILES string of the molecule is COCCNS(=O)(=O)c1ccc(-c2cccnc2)s1. The third-order valence-corrected chi connectivity index (χ3v) is 5.48. The maximum atomic E-state index is 12.0. The van der Waals surface area contributed by atoms with Crippen LogP contribution in [-0.4, -0.2) is 33.7 Å². The lowest BCUT2D eigenvalue weighted by molar-refractivity contribution is 0.204. The standard InChI is InChI=1S/C12H14N2O3S2/c1-17-8-7-14-19(15,16)12-5-4-11(18-12)10-3-2-6-13-9-10/h2-6,9,14H,7-8H2,1H3. The molecule has 0 fully saturated rings. The lowest BCUT2D eigenvalue weighted by Gasteiger charge is -2.03. The van der Waals surface area contributed by atoms with Crippen molar-refractivity contribution in [3.63, 3.8) is 0 Å². The van der Waals surface area contributed by atoms with Crippen LogP contribution in [0.4, 0.5) is 0 Å². The molecule has 0 aliphatic heterocycles. The van der Waals surface area contributed by atoms with Gasteiger partial charge in [-0.1, -0.05) is 6.07 Å². The molecule has 2 aromatic rings. The van der Waals surface area contributed by atoms with Gasteiger partial charge in [-0.2, -0.15) is 0 Å². The Morgan fingerprint density at radius 2 is 2.21 bits per heavy atom. The minimum Gasteiger partial charge on any atom is -0.383 e. The Balaban J connectivity index is 2.17. The highest BCUT2D eigenvalue weighted by Gasteiger charge is 2.16. The molecule has 19 heavy (non-hydrogen) atoms. The summed E-state index contributed by atoms with van der Waals surface area (Å²) in [5, 5.41) is 0.